The average Bonchev–Trinajstić information content (AvgIpc) is 3.17. The number of carbonyl (C=O) groups excluding carboxylic acids is 1. The molecule has 0 N–H and O–H groups in total. The van der Waals surface area contributed by atoms with Gasteiger partial charge in [0, 0.05) is 30.7 Å². The minimum absolute atomic E-state index is 0.199. The number of aromatic nitrogens is 3. The zero-order valence-electron chi connectivity index (χ0n) is 19.7. The summed E-state index contributed by atoms with van der Waals surface area (Å²) in [4.78, 5) is 14.3. The highest BCUT2D eigenvalue weighted by atomic mass is 16.6. The molecule has 32 heavy (non-hydrogen) atoms. The number of carbonyl (C=O) groups is 1. The number of aryl methyl sites for hydroxylation is 1. The van der Waals surface area contributed by atoms with Crippen molar-refractivity contribution in [2.24, 2.45) is 5.11 Å². The maximum atomic E-state index is 11.6. The smallest absolute Gasteiger partial charge is 0.306 e. The first-order valence-electron chi connectivity index (χ1n) is 11.3. The molecule has 0 amide bonds. The van der Waals surface area contributed by atoms with Gasteiger partial charge in [0.1, 0.15) is 5.60 Å². The number of rotatable bonds is 19. The third-order valence-electron chi connectivity index (χ3n) is 4.14. The fourth-order valence-electron chi connectivity index (χ4n) is 2.68. The van der Waals surface area contributed by atoms with Crippen molar-refractivity contribution in [3.05, 3.63) is 22.3 Å². The molecule has 1 aromatic rings. The molecular weight excluding hydrogens is 416 g/mol. The lowest BCUT2D eigenvalue weighted by atomic mass is 10.1. The predicted octanol–water partition coefficient (Wildman–Crippen LogP) is 3.47. The van der Waals surface area contributed by atoms with Crippen LogP contribution in [0.25, 0.3) is 10.4 Å². The van der Waals surface area contributed by atoms with Crippen molar-refractivity contribution in [1.29, 1.82) is 0 Å². The summed E-state index contributed by atoms with van der Waals surface area (Å²) in [6.45, 7) is 9.79. The second-order valence-electron chi connectivity index (χ2n) is 8.27. The van der Waals surface area contributed by atoms with Crippen LogP contribution in [0, 0.1) is 0 Å². The van der Waals surface area contributed by atoms with Crippen molar-refractivity contribution < 1.29 is 23.7 Å². The van der Waals surface area contributed by atoms with Gasteiger partial charge in [-0.15, -0.1) is 5.10 Å². The van der Waals surface area contributed by atoms with Crippen molar-refractivity contribution in [2.45, 2.75) is 71.4 Å². The van der Waals surface area contributed by atoms with Gasteiger partial charge in [0.2, 0.25) is 0 Å². The number of unbranched alkanes of at least 4 members (excludes halogenated alkanes) is 2. The Labute approximate surface area is 190 Å². The van der Waals surface area contributed by atoms with E-state index in [9.17, 15) is 4.79 Å². The first kappa shape index (κ1) is 27.8. The maximum absolute atomic E-state index is 11.6. The Morgan fingerprint density at radius 1 is 1.03 bits per heavy atom. The molecule has 1 aromatic heterocycles. The summed E-state index contributed by atoms with van der Waals surface area (Å²) in [5.74, 6) is -0.199. The van der Waals surface area contributed by atoms with E-state index in [0.29, 0.717) is 65.6 Å². The molecule has 1 rings (SSSR count). The Kier molecular flexibility index (Phi) is 15.1. The molecule has 182 valence electrons. The first-order valence-corrected chi connectivity index (χ1v) is 11.3. The molecule has 0 aliphatic heterocycles. The van der Waals surface area contributed by atoms with Gasteiger partial charge in [0.25, 0.3) is 0 Å². The zero-order chi connectivity index (χ0) is 23.5. The van der Waals surface area contributed by atoms with Crippen LogP contribution in [0.1, 0.15) is 58.6 Å². The lowest BCUT2D eigenvalue weighted by Gasteiger charge is -2.19. The van der Waals surface area contributed by atoms with E-state index >= 15 is 0 Å². The molecule has 0 saturated carbocycles. The van der Waals surface area contributed by atoms with Gasteiger partial charge in [-0.25, -0.2) is 4.68 Å². The summed E-state index contributed by atoms with van der Waals surface area (Å²) in [7, 11) is 0. The number of azide groups is 1. The third-order valence-corrected chi connectivity index (χ3v) is 4.14. The molecule has 0 bridgehead atoms. The molecule has 11 heteroatoms. The van der Waals surface area contributed by atoms with Gasteiger partial charge < -0.3 is 18.9 Å². The second kappa shape index (κ2) is 17.4. The van der Waals surface area contributed by atoms with Crippen LogP contribution < -0.4 is 0 Å². The van der Waals surface area contributed by atoms with E-state index < -0.39 is 5.60 Å². The highest BCUT2D eigenvalue weighted by Gasteiger charge is 2.15. The van der Waals surface area contributed by atoms with Crippen molar-refractivity contribution in [3.8, 4) is 0 Å². The highest BCUT2D eigenvalue weighted by molar-refractivity contribution is 5.69. The van der Waals surface area contributed by atoms with Crippen molar-refractivity contribution in [3.63, 3.8) is 0 Å². The Morgan fingerprint density at radius 2 is 1.72 bits per heavy atom. The van der Waals surface area contributed by atoms with Crippen molar-refractivity contribution >= 4 is 5.97 Å². The van der Waals surface area contributed by atoms with Crippen LogP contribution in [0.15, 0.2) is 11.3 Å². The van der Waals surface area contributed by atoms with Gasteiger partial charge in [-0.3, -0.25) is 4.79 Å². The lowest BCUT2D eigenvalue weighted by molar-refractivity contribution is -0.155. The molecule has 0 atom stereocenters. The topological polar surface area (TPSA) is 133 Å². The summed E-state index contributed by atoms with van der Waals surface area (Å²) in [5.41, 5.74) is 8.74. The fourth-order valence-corrected chi connectivity index (χ4v) is 2.68. The van der Waals surface area contributed by atoms with Crippen LogP contribution in [0.2, 0.25) is 0 Å². The average molecular weight is 455 g/mol. The van der Waals surface area contributed by atoms with E-state index in [2.05, 4.69) is 20.3 Å². The minimum atomic E-state index is -0.442. The quantitative estimate of drug-likeness (QED) is 0.103. The molecular formula is C21H38N6O5. The standard InChI is InChI=1S/C21H38N6O5/c1-21(2,3)32-20(28)9-7-12-29-14-16-31-17-15-30-13-11-27-18-19(24-26-27)8-5-4-6-10-23-25-22/h18H,4-17H2,1-3H3. The zero-order valence-corrected chi connectivity index (χ0v) is 19.7. The normalized spacial score (nSPS) is 11.3. The molecule has 0 aromatic carbocycles. The van der Waals surface area contributed by atoms with Crippen LogP contribution in [0.4, 0.5) is 0 Å². The van der Waals surface area contributed by atoms with Gasteiger partial charge in [-0.05, 0) is 52.0 Å². The maximum Gasteiger partial charge on any atom is 0.306 e. The SMILES string of the molecule is CC(C)(C)OC(=O)CCCOCCOCCOCCn1cc(CCCCCN=[N+]=[N-])nn1. The van der Waals surface area contributed by atoms with Gasteiger partial charge in [0.15, 0.2) is 0 Å². The summed E-state index contributed by atoms with van der Waals surface area (Å²) >= 11 is 0. The lowest BCUT2D eigenvalue weighted by Crippen LogP contribution is -2.23. The molecule has 0 saturated heterocycles. The Hall–Kier alpha value is -2.20. The van der Waals surface area contributed by atoms with E-state index in [0.717, 1.165) is 31.4 Å². The van der Waals surface area contributed by atoms with E-state index in [1.54, 1.807) is 4.68 Å². The second-order valence-corrected chi connectivity index (χ2v) is 8.27. The molecule has 11 nitrogen and oxygen atoms in total. The van der Waals surface area contributed by atoms with E-state index in [-0.39, 0.29) is 5.97 Å². The number of nitrogens with zero attached hydrogens (tertiary/aromatic N) is 6. The van der Waals surface area contributed by atoms with Gasteiger partial charge in [0.05, 0.1) is 45.3 Å². The minimum Gasteiger partial charge on any atom is -0.460 e. The van der Waals surface area contributed by atoms with Gasteiger partial charge >= 0.3 is 5.97 Å². The third kappa shape index (κ3) is 16.5. The number of esters is 1. The summed E-state index contributed by atoms with van der Waals surface area (Å²) in [6, 6.07) is 0. The van der Waals surface area contributed by atoms with Crippen molar-refractivity contribution in [1.82, 2.24) is 15.0 Å². The summed E-state index contributed by atoms with van der Waals surface area (Å²) in [5, 5.41) is 11.8. The van der Waals surface area contributed by atoms with Crippen LogP contribution in [0.5, 0.6) is 0 Å². The van der Waals surface area contributed by atoms with E-state index in [4.69, 9.17) is 24.5 Å². The molecule has 0 spiro atoms. The van der Waals surface area contributed by atoms with E-state index in [1.807, 2.05) is 27.0 Å². The molecule has 0 radical (unpaired) electrons. The number of hydrogen-bond donors (Lipinski definition) is 0. The van der Waals surface area contributed by atoms with Crippen LogP contribution in [0.3, 0.4) is 0 Å². The van der Waals surface area contributed by atoms with Crippen LogP contribution >= 0.6 is 0 Å². The predicted molar refractivity (Wildman–Crippen MR) is 119 cm³/mol. The Balaban J connectivity index is 1.88. The summed E-state index contributed by atoms with van der Waals surface area (Å²) in [6.07, 6.45) is 6.71. The Bertz CT molecular complexity index is 670. The molecule has 0 aliphatic rings. The molecule has 1 heterocycles. The molecule has 0 unspecified atom stereocenters. The largest absolute Gasteiger partial charge is 0.460 e. The van der Waals surface area contributed by atoms with E-state index in [1.165, 1.54) is 0 Å². The van der Waals surface area contributed by atoms with Gasteiger partial charge in [-0.2, -0.15) is 0 Å². The van der Waals surface area contributed by atoms with Crippen molar-refractivity contribution in [2.75, 3.05) is 46.2 Å². The monoisotopic (exact) mass is 454 g/mol. The number of ether oxygens (including phenoxy) is 4. The van der Waals surface area contributed by atoms with Crippen LogP contribution in [-0.2, 0) is 36.7 Å². The molecule has 0 aliphatic carbocycles. The number of hydrogen-bond acceptors (Lipinski definition) is 8. The Morgan fingerprint density at radius 3 is 2.41 bits per heavy atom. The summed E-state index contributed by atoms with van der Waals surface area (Å²) < 4.78 is 23.5. The van der Waals surface area contributed by atoms with Gasteiger partial charge in [-0.1, -0.05) is 16.7 Å². The first-order chi connectivity index (χ1) is 15.4. The fraction of sp³-hybridized carbons (Fsp3) is 0.857. The molecule has 0 fully saturated rings. The van der Waals surface area contributed by atoms with Crippen LogP contribution in [-0.4, -0.2) is 72.8 Å². The highest BCUT2D eigenvalue weighted by Crippen LogP contribution is 2.09.